The lowest BCUT2D eigenvalue weighted by molar-refractivity contribution is -0.274. The van der Waals surface area contributed by atoms with Crippen LogP contribution in [0.25, 0.3) is 22.3 Å². The summed E-state index contributed by atoms with van der Waals surface area (Å²) in [5, 5.41) is 0. The van der Waals surface area contributed by atoms with Gasteiger partial charge in [-0.05, 0) is 55.7 Å². The van der Waals surface area contributed by atoms with E-state index in [1.165, 1.54) is 30.2 Å². The molecule has 46 heavy (non-hydrogen) atoms. The molecule has 4 heterocycles. The second kappa shape index (κ2) is 12.1. The number of hydrogen-bond acceptors (Lipinski definition) is 8. The van der Waals surface area contributed by atoms with Gasteiger partial charge in [0.15, 0.2) is 0 Å². The molecule has 0 spiro atoms. The van der Waals surface area contributed by atoms with Crippen LogP contribution in [-0.2, 0) is 11.3 Å². The van der Waals surface area contributed by atoms with Crippen LogP contribution in [0.3, 0.4) is 0 Å². The van der Waals surface area contributed by atoms with Crippen molar-refractivity contribution in [2.75, 3.05) is 25.1 Å². The molecule has 2 aliphatic heterocycles. The van der Waals surface area contributed by atoms with E-state index in [0.717, 1.165) is 22.3 Å². The summed E-state index contributed by atoms with van der Waals surface area (Å²) >= 11 is 0. The van der Waals surface area contributed by atoms with Gasteiger partial charge in [0.1, 0.15) is 18.0 Å². The van der Waals surface area contributed by atoms with Gasteiger partial charge in [-0.2, -0.15) is 0 Å². The summed E-state index contributed by atoms with van der Waals surface area (Å²) in [5.41, 5.74) is 5.91. The van der Waals surface area contributed by atoms with Crippen LogP contribution in [0.4, 0.5) is 28.3 Å². The highest BCUT2D eigenvalue weighted by Crippen LogP contribution is 2.39. The van der Waals surface area contributed by atoms with Gasteiger partial charge in [0, 0.05) is 29.1 Å². The number of ether oxygens (including phenoxy) is 3. The van der Waals surface area contributed by atoms with Crippen LogP contribution in [0.5, 0.6) is 11.6 Å². The molecule has 2 saturated heterocycles. The van der Waals surface area contributed by atoms with Gasteiger partial charge >= 0.3 is 12.5 Å². The van der Waals surface area contributed by atoms with Crippen molar-refractivity contribution in [1.29, 1.82) is 0 Å². The Morgan fingerprint density at radius 1 is 1.00 bits per heavy atom. The topological polar surface area (TPSA) is 89.9 Å². The number of aryl methyl sites for hydroxylation is 2. The van der Waals surface area contributed by atoms with E-state index in [-0.39, 0.29) is 19.6 Å². The molecule has 6 rings (SSSR count). The second-order valence-corrected chi connectivity index (χ2v) is 11.4. The molecule has 0 bridgehead atoms. The maximum Gasteiger partial charge on any atom is 0.573 e. The van der Waals surface area contributed by atoms with Gasteiger partial charge < -0.3 is 19.1 Å². The number of aromatic nitrogens is 3. The molecule has 0 radical (unpaired) electrons. The van der Waals surface area contributed by atoms with E-state index in [4.69, 9.17) is 14.5 Å². The molecule has 9 nitrogen and oxygen atoms in total. The molecule has 240 valence electrons. The average molecular weight is 638 g/mol. The first-order chi connectivity index (χ1) is 21.9. The smallest absolute Gasteiger partial charge is 0.481 e. The Balaban J connectivity index is 1.37. The summed E-state index contributed by atoms with van der Waals surface area (Å²) in [7, 11) is 1.50. The fourth-order valence-corrected chi connectivity index (χ4v) is 5.79. The van der Waals surface area contributed by atoms with E-state index in [1.807, 2.05) is 32.0 Å². The lowest BCUT2D eigenvalue weighted by Crippen LogP contribution is -2.49. The van der Waals surface area contributed by atoms with E-state index >= 15 is 0 Å². The molecular formula is C33H31F4N5O4. The molecule has 2 atom stereocenters. The number of benzene rings is 2. The van der Waals surface area contributed by atoms with Gasteiger partial charge in [0.2, 0.25) is 11.8 Å². The molecule has 2 aromatic carbocycles. The molecule has 4 aromatic rings. The number of nitrogens with zero attached hydrogens (tertiary/aromatic N) is 5. The van der Waals surface area contributed by atoms with Crippen molar-refractivity contribution in [2.24, 2.45) is 0 Å². The Morgan fingerprint density at radius 3 is 2.48 bits per heavy atom. The van der Waals surface area contributed by atoms with E-state index in [9.17, 15) is 22.4 Å². The second-order valence-electron chi connectivity index (χ2n) is 11.4. The van der Waals surface area contributed by atoms with Crippen LogP contribution < -0.4 is 14.4 Å². The highest BCUT2D eigenvalue weighted by molar-refractivity contribution is 5.79. The zero-order valence-electron chi connectivity index (χ0n) is 25.5. The maximum atomic E-state index is 13.8. The molecule has 13 heteroatoms. The predicted molar refractivity (Wildman–Crippen MR) is 161 cm³/mol. The van der Waals surface area contributed by atoms with Crippen molar-refractivity contribution in [2.45, 2.75) is 52.0 Å². The molecule has 2 fully saturated rings. The van der Waals surface area contributed by atoms with E-state index in [0.29, 0.717) is 34.2 Å². The van der Waals surface area contributed by atoms with Crippen LogP contribution in [0, 0.1) is 13.8 Å². The number of methoxy groups -OCH3 is 1. The Bertz CT molecular complexity index is 1780. The number of halogens is 4. The summed E-state index contributed by atoms with van der Waals surface area (Å²) in [6.45, 7) is 6.02. The van der Waals surface area contributed by atoms with E-state index in [2.05, 4.69) is 20.8 Å². The number of alkyl halides is 4. The minimum atomic E-state index is -4.87. The average Bonchev–Trinajstić information content (AvgIpc) is 3.27. The molecule has 2 aliphatic rings. The number of pyridine rings is 1. The largest absolute Gasteiger partial charge is 0.573 e. The van der Waals surface area contributed by atoms with Gasteiger partial charge in [0.25, 0.3) is 0 Å². The van der Waals surface area contributed by atoms with Crippen LogP contribution in [-0.4, -0.2) is 64.7 Å². The van der Waals surface area contributed by atoms with Crippen LogP contribution in [0.1, 0.15) is 35.4 Å². The van der Waals surface area contributed by atoms with Crippen molar-refractivity contribution >= 4 is 12.0 Å². The molecule has 0 saturated carbocycles. The zero-order chi connectivity index (χ0) is 32.7. The lowest BCUT2D eigenvalue weighted by Gasteiger charge is -2.34. The van der Waals surface area contributed by atoms with Crippen molar-refractivity contribution in [3.63, 3.8) is 0 Å². The molecule has 0 aliphatic carbocycles. The van der Waals surface area contributed by atoms with Crippen molar-refractivity contribution in [3.05, 3.63) is 83.3 Å². The van der Waals surface area contributed by atoms with Gasteiger partial charge in [-0.1, -0.05) is 35.9 Å². The Labute approximate surface area is 262 Å². The lowest BCUT2D eigenvalue weighted by atomic mass is 9.97. The number of anilines is 1. The maximum absolute atomic E-state index is 13.8. The van der Waals surface area contributed by atoms with Gasteiger partial charge in [0.05, 0.1) is 38.5 Å². The Kier molecular flexibility index (Phi) is 8.17. The third-order valence-corrected chi connectivity index (χ3v) is 8.13. The van der Waals surface area contributed by atoms with E-state index < -0.39 is 36.5 Å². The zero-order valence-corrected chi connectivity index (χ0v) is 25.5. The monoisotopic (exact) mass is 637 g/mol. The summed E-state index contributed by atoms with van der Waals surface area (Å²) in [6.07, 6.45) is -4.08. The predicted octanol–water partition coefficient (Wildman–Crippen LogP) is 6.97. The number of rotatable bonds is 8. The molecule has 0 unspecified atom stereocenters. The van der Waals surface area contributed by atoms with Crippen LogP contribution >= 0.6 is 0 Å². The molecular weight excluding hydrogens is 606 g/mol. The summed E-state index contributed by atoms with van der Waals surface area (Å²) in [6, 6.07) is 12.8. The van der Waals surface area contributed by atoms with Gasteiger partial charge in [-0.3, -0.25) is 4.90 Å². The first-order valence-corrected chi connectivity index (χ1v) is 14.6. The fraction of sp³-hybridized carbons (Fsp3) is 0.333. The Morgan fingerprint density at radius 2 is 1.78 bits per heavy atom. The standard InChI is InChI=1S/C33H31F4N5O4/c1-18-8-9-25(19(2)10-18)22-12-26(30(44-4)38-13-22)27-14-39-31(41-15-23(34)16-41)40-28(27)17-42-20(3)29(45-32(42)43)21-6-5-7-24(11-21)46-33(35,36)37/h5-14,20,23,29H,15-17H2,1-4H3/t20-,29-/m0/s1. The third kappa shape index (κ3) is 6.26. The SMILES string of the molecule is COc1ncc(-c2ccc(C)cc2C)cc1-c1cnc(N2CC(F)C2)nc1CN1C(=O)O[C@H](c2cccc(OC(F)(F)F)c2)[C@@H]1C. The summed E-state index contributed by atoms with van der Waals surface area (Å²) in [5.74, 6) is 0.201. The number of carbonyl (C=O) groups excluding carboxylic acids is 1. The number of carbonyl (C=O) groups is 1. The molecule has 1 amide bonds. The van der Waals surface area contributed by atoms with Gasteiger partial charge in [-0.15, -0.1) is 13.2 Å². The van der Waals surface area contributed by atoms with E-state index in [1.54, 1.807) is 30.3 Å². The van der Waals surface area contributed by atoms with Crippen LogP contribution in [0.2, 0.25) is 0 Å². The number of cyclic esters (lactones) is 1. The normalized spacial score (nSPS) is 18.4. The van der Waals surface area contributed by atoms with Crippen molar-refractivity contribution in [1.82, 2.24) is 19.9 Å². The third-order valence-electron chi connectivity index (χ3n) is 8.13. The quantitative estimate of drug-likeness (QED) is 0.192. The number of hydrogen-bond donors (Lipinski definition) is 0. The van der Waals surface area contributed by atoms with Crippen LogP contribution in [0.15, 0.2) is 60.9 Å². The van der Waals surface area contributed by atoms with Crippen molar-refractivity contribution in [3.8, 4) is 33.9 Å². The fourth-order valence-electron chi connectivity index (χ4n) is 5.79. The Hall–Kier alpha value is -4.94. The summed E-state index contributed by atoms with van der Waals surface area (Å²) < 4.78 is 67.7. The first kappa shape index (κ1) is 31.1. The minimum absolute atomic E-state index is 0.0378. The minimum Gasteiger partial charge on any atom is -0.481 e. The first-order valence-electron chi connectivity index (χ1n) is 14.6. The highest BCUT2D eigenvalue weighted by Gasteiger charge is 2.41. The molecule has 2 aromatic heterocycles. The highest BCUT2D eigenvalue weighted by atomic mass is 19.4. The number of amides is 1. The van der Waals surface area contributed by atoms with Gasteiger partial charge in [-0.25, -0.2) is 24.1 Å². The summed E-state index contributed by atoms with van der Waals surface area (Å²) in [4.78, 5) is 30.2. The van der Waals surface area contributed by atoms with Crippen molar-refractivity contribution < 1.29 is 36.6 Å². The molecule has 0 N–H and O–H groups in total.